The average Bonchev–Trinajstić information content (AvgIpc) is 2.59. The van der Waals surface area contributed by atoms with Crippen molar-refractivity contribution >= 4 is 43.6 Å². The van der Waals surface area contributed by atoms with Crippen molar-refractivity contribution in [2.45, 2.75) is 0 Å². The zero-order chi connectivity index (χ0) is 16.3. The molecule has 1 aliphatic heterocycles. The smallest absolute Gasteiger partial charge is 0.278 e. The molecule has 1 heterocycles. The summed E-state index contributed by atoms with van der Waals surface area (Å²) in [6.45, 7) is 0.971. The van der Waals surface area contributed by atoms with E-state index in [0.717, 1.165) is 11.4 Å². The van der Waals surface area contributed by atoms with E-state index in [1.165, 1.54) is 0 Å². The molecule has 0 saturated carbocycles. The number of rotatable bonds is 2. The Morgan fingerprint density at radius 2 is 1.04 bits per heavy atom. The van der Waals surface area contributed by atoms with E-state index in [9.17, 15) is 0 Å². The van der Waals surface area contributed by atoms with E-state index >= 15 is 0 Å². The third-order valence-electron chi connectivity index (χ3n) is 2.72. The monoisotopic (exact) mass is 394 g/mol. The second-order valence-corrected chi connectivity index (χ2v) is 5.88. The maximum atomic E-state index is 5.56. The van der Waals surface area contributed by atoms with Crippen molar-refractivity contribution in [3.05, 3.63) is 60.7 Å². The molecule has 0 aliphatic carbocycles. The molecule has 0 spiro atoms. The summed E-state index contributed by atoms with van der Waals surface area (Å²) in [5.41, 5.74) is 1.63. The van der Waals surface area contributed by atoms with Gasteiger partial charge in [-0.2, -0.15) is 0 Å². The second kappa shape index (κ2) is 10.3. The topological polar surface area (TPSA) is 43.2 Å². The van der Waals surface area contributed by atoms with Gasteiger partial charge in [-0.25, -0.2) is 9.98 Å². The number of para-hydroxylation sites is 2. The van der Waals surface area contributed by atoms with Gasteiger partial charge < -0.3 is 9.47 Å². The zero-order valence-electron chi connectivity index (χ0n) is 12.0. The first-order chi connectivity index (χ1) is 11.3. The summed E-state index contributed by atoms with van der Waals surface area (Å²) in [5, 5.41) is 0. The van der Waals surface area contributed by atoms with Crippen LogP contribution in [0.3, 0.4) is 0 Å². The van der Waals surface area contributed by atoms with Crippen molar-refractivity contribution in [1.82, 2.24) is 0 Å². The summed E-state index contributed by atoms with van der Waals surface area (Å²) in [6.07, 6.45) is 0. The Morgan fingerprint density at radius 3 is 1.39 bits per heavy atom. The standard InChI is InChI=1S/C16H14N2O2.2ClH.Ni/c1-3-7-13(8-4-1)17-15-16(20-12-11-19-15)18-14-9-5-2-6-10-14;;;/h1-10H,11-12H2;2*1H;/q;;;+2/p-2. The molecular weight excluding hydrogens is 382 g/mol. The van der Waals surface area contributed by atoms with E-state index in [1.807, 2.05) is 60.7 Å². The van der Waals surface area contributed by atoms with Crippen LogP contribution in [0.5, 0.6) is 0 Å². The minimum Gasteiger partial charge on any atom is -0.470 e. The largest absolute Gasteiger partial charge is 0.470 e. The predicted octanol–water partition coefficient (Wildman–Crippen LogP) is 4.87. The Morgan fingerprint density at radius 1 is 0.696 bits per heavy atom. The molecule has 1 aliphatic rings. The van der Waals surface area contributed by atoms with Crippen LogP contribution in [0.2, 0.25) is 0 Å². The van der Waals surface area contributed by atoms with Gasteiger partial charge in [-0.1, -0.05) is 36.4 Å². The van der Waals surface area contributed by atoms with Crippen LogP contribution in [0.25, 0.3) is 0 Å². The molecule has 2 aromatic carbocycles. The van der Waals surface area contributed by atoms with Gasteiger partial charge in [-0.15, -0.1) is 0 Å². The van der Waals surface area contributed by atoms with E-state index < -0.39 is 0 Å². The number of nitrogens with zero attached hydrogens (tertiary/aromatic N) is 2. The molecule has 3 rings (SSSR count). The molecule has 0 bridgehead atoms. The van der Waals surface area contributed by atoms with E-state index in [4.69, 9.17) is 29.9 Å². The van der Waals surface area contributed by atoms with Gasteiger partial charge in [0, 0.05) is 0 Å². The molecule has 23 heavy (non-hydrogen) atoms. The molecule has 4 nitrogen and oxygen atoms in total. The maximum absolute atomic E-state index is 5.56. The van der Waals surface area contributed by atoms with Gasteiger partial charge in [0.15, 0.2) is 0 Å². The Bertz CT molecular complexity index is 594. The Hall–Kier alpha value is -1.55. The molecule has 0 atom stereocenters. The third kappa shape index (κ3) is 6.22. The third-order valence-corrected chi connectivity index (χ3v) is 2.72. The normalized spacial score (nSPS) is 17.1. The minimum absolute atomic E-state index is 0.423. The molecule has 7 heteroatoms. The fraction of sp³-hybridized carbons (Fsp3) is 0.125. The van der Waals surface area contributed by atoms with Crippen LogP contribution < -0.4 is 0 Å². The van der Waals surface area contributed by atoms with Gasteiger partial charge in [-0.3, -0.25) is 0 Å². The quantitative estimate of drug-likeness (QED) is 0.681. The van der Waals surface area contributed by atoms with Crippen LogP contribution in [0.4, 0.5) is 11.4 Å². The van der Waals surface area contributed by atoms with Crippen LogP contribution in [0.1, 0.15) is 0 Å². The molecule has 0 unspecified atom stereocenters. The molecule has 0 aromatic heterocycles. The number of hydrogen-bond donors (Lipinski definition) is 0. The fourth-order valence-corrected chi connectivity index (χ4v) is 1.80. The van der Waals surface area contributed by atoms with Crippen LogP contribution in [0.15, 0.2) is 70.6 Å². The Labute approximate surface area is 149 Å². The molecule has 1 fully saturated rings. The van der Waals surface area contributed by atoms with Gasteiger partial charge in [0.2, 0.25) is 0 Å². The zero-order valence-corrected chi connectivity index (χ0v) is 14.5. The predicted molar refractivity (Wildman–Crippen MR) is 90.7 cm³/mol. The van der Waals surface area contributed by atoms with Crippen molar-refractivity contribution in [2.75, 3.05) is 13.2 Å². The summed E-state index contributed by atoms with van der Waals surface area (Å²) >= 11 is 0.569. The van der Waals surface area contributed by atoms with Crippen molar-refractivity contribution in [3.8, 4) is 0 Å². The summed E-state index contributed by atoms with van der Waals surface area (Å²) in [6, 6.07) is 19.2. The van der Waals surface area contributed by atoms with Gasteiger partial charge in [0.1, 0.15) is 13.2 Å². The molecule has 1 saturated heterocycles. The summed E-state index contributed by atoms with van der Waals surface area (Å²) < 4.78 is 11.1. The molecule has 2 aromatic rings. The van der Waals surface area contributed by atoms with Crippen molar-refractivity contribution in [3.63, 3.8) is 0 Å². The van der Waals surface area contributed by atoms with Crippen LogP contribution in [0, 0.1) is 0 Å². The second-order valence-electron chi connectivity index (χ2n) is 4.25. The number of benzene rings is 2. The van der Waals surface area contributed by atoms with Crippen LogP contribution >= 0.6 is 20.4 Å². The van der Waals surface area contributed by atoms with Gasteiger partial charge in [-0.05, 0) is 24.3 Å². The summed E-state index contributed by atoms with van der Waals surface area (Å²) in [7, 11) is 9.40. The molecule has 0 amide bonds. The van der Waals surface area contributed by atoms with Gasteiger partial charge in [0.25, 0.3) is 11.8 Å². The minimum atomic E-state index is 0.423. The van der Waals surface area contributed by atoms with Crippen LogP contribution in [-0.2, 0) is 22.1 Å². The van der Waals surface area contributed by atoms with E-state index in [0.29, 0.717) is 37.7 Å². The summed E-state index contributed by atoms with van der Waals surface area (Å²) in [4.78, 5) is 8.87. The molecule has 0 N–H and O–H groups in total. The molecular formula is C16H14Cl2N2NiO2. The van der Waals surface area contributed by atoms with Crippen molar-refractivity contribution < 1.29 is 22.1 Å². The first-order valence-corrected chi connectivity index (χ1v) is 9.41. The maximum Gasteiger partial charge on any atom is 0.278 e. The number of hydrogen-bond acceptors (Lipinski definition) is 4. The van der Waals surface area contributed by atoms with E-state index in [1.54, 1.807) is 0 Å². The first kappa shape index (κ1) is 17.8. The number of ether oxygens (including phenoxy) is 2. The van der Waals surface area contributed by atoms with E-state index in [-0.39, 0.29) is 0 Å². The number of halogens is 2. The van der Waals surface area contributed by atoms with Gasteiger partial charge >= 0.3 is 33.0 Å². The first-order valence-electron chi connectivity index (χ1n) is 6.69. The van der Waals surface area contributed by atoms with Crippen molar-refractivity contribution in [1.29, 1.82) is 0 Å². The summed E-state index contributed by atoms with van der Waals surface area (Å²) in [5.74, 6) is 0.845. The van der Waals surface area contributed by atoms with Crippen molar-refractivity contribution in [2.24, 2.45) is 9.98 Å². The van der Waals surface area contributed by atoms with Crippen LogP contribution in [-0.4, -0.2) is 25.0 Å². The fourth-order valence-electron chi connectivity index (χ4n) is 1.80. The number of aliphatic imine (C=N–C) groups is 2. The Kier molecular flexibility index (Phi) is 7.95. The SMILES string of the molecule is [Cl][Ni][Cl].c1ccc(N=C2OCCOC2=Nc2ccccc2)cc1. The van der Waals surface area contributed by atoms with E-state index in [2.05, 4.69) is 9.98 Å². The molecule has 0 radical (unpaired) electrons. The average molecular weight is 396 g/mol. The van der Waals surface area contributed by atoms with Gasteiger partial charge in [0.05, 0.1) is 11.4 Å². The Balaban J connectivity index is 0.000000595. The molecule has 124 valence electrons.